The van der Waals surface area contributed by atoms with Gasteiger partial charge in [0.15, 0.2) is 11.5 Å². The number of halogens is 2. The lowest BCUT2D eigenvalue weighted by Gasteiger charge is -2.12. The second-order valence-corrected chi connectivity index (χ2v) is 6.51. The minimum absolute atomic E-state index is 0.344. The van der Waals surface area contributed by atoms with Gasteiger partial charge in [-0.3, -0.25) is 4.79 Å². The number of anilines is 1. The molecule has 0 radical (unpaired) electrons. The number of rotatable bonds is 7. The molecule has 27 heavy (non-hydrogen) atoms. The van der Waals surface area contributed by atoms with Crippen LogP contribution in [0.4, 0.5) is 5.69 Å². The fourth-order valence-corrected chi connectivity index (χ4v) is 3.19. The molecule has 0 aliphatic carbocycles. The summed E-state index contributed by atoms with van der Waals surface area (Å²) in [6.07, 6.45) is 3.05. The largest absolute Gasteiger partial charge is 0.495 e. The molecule has 8 heteroatoms. The van der Waals surface area contributed by atoms with Crippen LogP contribution in [-0.2, 0) is 4.79 Å². The third-order valence-electron chi connectivity index (χ3n) is 3.61. The van der Waals surface area contributed by atoms with E-state index in [0.717, 1.165) is 5.56 Å². The summed E-state index contributed by atoms with van der Waals surface area (Å²) in [5, 5.41) is 3.13. The van der Waals surface area contributed by atoms with Crippen LogP contribution in [0, 0.1) is 0 Å². The molecule has 0 saturated carbocycles. The lowest BCUT2D eigenvalue weighted by Crippen LogP contribution is -2.09. The zero-order valence-corrected chi connectivity index (χ0v) is 17.6. The zero-order valence-electron chi connectivity index (χ0n) is 15.3. The Balaban J connectivity index is 2.22. The highest BCUT2D eigenvalue weighted by atomic mass is 79.9. The van der Waals surface area contributed by atoms with Gasteiger partial charge in [0.1, 0.15) is 11.5 Å². The Morgan fingerprint density at radius 3 is 2.22 bits per heavy atom. The van der Waals surface area contributed by atoms with E-state index in [0.29, 0.717) is 38.2 Å². The number of ether oxygens (including phenoxy) is 4. The van der Waals surface area contributed by atoms with Crippen molar-refractivity contribution >= 4 is 45.2 Å². The van der Waals surface area contributed by atoms with E-state index in [2.05, 4.69) is 21.2 Å². The van der Waals surface area contributed by atoms with Crippen LogP contribution in [0.3, 0.4) is 0 Å². The maximum absolute atomic E-state index is 12.3. The van der Waals surface area contributed by atoms with E-state index >= 15 is 0 Å². The summed E-state index contributed by atoms with van der Waals surface area (Å²) >= 11 is 9.49. The molecule has 1 N–H and O–H groups in total. The predicted octanol–water partition coefficient (Wildman–Crippen LogP) is 4.79. The monoisotopic (exact) mass is 455 g/mol. The first-order valence-electron chi connectivity index (χ1n) is 7.75. The van der Waals surface area contributed by atoms with Crippen molar-refractivity contribution in [2.24, 2.45) is 0 Å². The standard InChI is InChI=1S/C19H19BrClNO5/c1-24-15-10-14(16(25-2)9-13(15)21)22-18(23)6-5-11-7-12(20)19(27-4)17(8-11)26-3/h5-10H,1-4H3,(H,22,23)/b6-5+. The molecule has 0 aromatic heterocycles. The topological polar surface area (TPSA) is 66.0 Å². The van der Waals surface area contributed by atoms with Crippen LogP contribution in [0.5, 0.6) is 23.0 Å². The van der Waals surface area contributed by atoms with Crippen LogP contribution in [0.2, 0.25) is 5.02 Å². The number of hydrogen-bond acceptors (Lipinski definition) is 5. The molecule has 2 aromatic rings. The highest BCUT2D eigenvalue weighted by Gasteiger charge is 2.12. The van der Waals surface area contributed by atoms with Crippen molar-refractivity contribution in [3.8, 4) is 23.0 Å². The first-order chi connectivity index (χ1) is 12.9. The van der Waals surface area contributed by atoms with Gasteiger partial charge in [-0.1, -0.05) is 11.6 Å². The minimum Gasteiger partial charge on any atom is -0.495 e. The fraction of sp³-hybridized carbons (Fsp3) is 0.211. The van der Waals surface area contributed by atoms with Crippen LogP contribution >= 0.6 is 27.5 Å². The number of carbonyl (C=O) groups excluding carboxylic acids is 1. The Morgan fingerprint density at radius 2 is 1.63 bits per heavy atom. The molecule has 0 aliphatic rings. The zero-order chi connectivity index (χ0) is 20.0. The number of nitrogens with one attached hydrogen (secondary N) is 1. The van der Waals surface area contributed by atoms with Gasteiger partial charge < -0.3 is 24.3 Å². The van der Waals surface area contributed by atoms with Crippen LogP contribution in [0.1, 0.15) is 5.56 Å². The SMILES string of the molecule is COc1cc(NC(=O)/C=C/c2cc(Br)c(OC)c(OC)c2)c(OC)cc1Cl. The Hall–Kier alpha value is -2.38. The summed E-state index contributed by atoms with van der Waals surface area (Å²) in [4.78, 5) is 12.3. The van der Waals surface area contributed by atoms with E-state index in [1.807, 2.05) is 6.07 Å². The van der Waals surface area contributed by atoms with Crippen molar-refractivity contribution < 1.29 is 23.7 Å². The maximum Gasteiger partial charge on any atom is 0.248 e. The molecular formula is C19H19BrClNO5. The molecule has 2 aromatic carbocycles. The molecule has 1 amide bonds. The van der Waals surface area contributed by atoms with Gasteiger partial charge in [0.05, 0.1) is 43.6 Å². The first kappa shape index (κ1) is 20.9. The number of methoxy groups -OCH3 is 4. The average Bonchev–Trinajstić information content (AvgIpc) is 2.66. The van der Waals surface area contributed by atoms with Crippen LogP contribution in [0.25, 0.3) is 6.08 Å². The van der Waals surface area contributed by atoms with Gasteiger partial charge in [-0.05, 0) is 39.7 Å². The second-order valence-electron chi connectivity index (χ2n) is 5.25. The molecule has 0 aliphatic heterocycles. The Labute approximate surface area is 171 Å². The maximum atomic E-state index is 12.3. The Bertz CT molecular complexity index is 870. The van der Waals surface area contributed by atoms with Crippen molar-refractivity contribution in [3.05, 3.63) is 45.4 Å². The van der Waals surface area contributed by atoms with Crippen LogP contribution < -0.4 is 24.3 Å². The molecule has 0 fully saturated rings. The third kappa shape index (κ3) is 5.08. The second kappa shape index (κ2) is 9.53. The highest BCUT2D eigenvalue weighted by Crippen LogP contribution is 2.37. The molecular weight excluding hydrogens is 438 g/mol. The van der Waals surface area contributed by atoms with Crippen LogP contribution in [-0.4, -0.2) is 34.3 Å². The molecule has 0 atom stereocenters. The van der Waals surface area contributed by atoms with Crippen molar-refractivity contribution in [1.82, 2.24) is 0 Å². The van der Waals surface area contributed by atoms with Gasteiger partial charge in [0, 0.05) is 18.2 Å². The average molecular weight is 457 g/mol. The van der Waals surface area contributed by atoms with Gasteiger partial charge in [0.2, 0.25) is 5.91 Å². The molecule has 0 unspecified atom stereocenters. The van der Waals surface area contributed by atoms with E-state index in [1.165, 1.54) is 20.3 Å². The Morgan fingerprint density at radius 1 is 0.963 bits per heavy atom. The molecule has 0 spiro atoms. The number of carbonyl (C=O) groups is 1. The molecule has 0 saturated heterocycles. The van der Waals surface area contributed by atoms with Gasteiger partial charge in [-0.2, -0.15) is 0 Å². The first-order valence-corrected chi connectivity index (χ1v) is 8.92. The van der Waals surface area contributed by atoms with Gasteiger partial charge in [-0.25, -0.2) is 0 Å². The van der Waals surface area contributed by atoms with E-state index < -0.39 is 0 Å². The molecule has 0 bridgehead atoms. The van der Waals surface area contributed by atoms with Gasteiger partial charge >= 0.3 is 0 Å². The lowest BCUT2D eigenvalue weighted by molar-refractivity contribution is -0.111. The summed E-state index contributed by atoms with van der Waals surface area (Å²) in [5.74, 6) is 1.65. The van der Waals surface area contributed by atoms with Crippen molar-refractivity contribution in [2.75, 3.05) is 33.8 Å². The third-order valence-corrected chi connectivity index (χ3v) is 4.50. The molecule has 0 heterocycles. The van der Waals surface area contributed by atoms with Gasteiger partial charge in [0.25, 0.3) is 0 Å². The molecule has 6 nitrogen and oxygen atoms in total. The van der Waals surface area contributed by atoms with Gasteiger partial charge in [-0.15, -0.1) is 0 Å². The van der Waals surface area contributed by atoms with Crippen molar-refractivity contribution in [3.63, 3.8) is 0 Å². The minimum atomic E-state index is -0.344. The summed E-state index contributed by atoms with van der Waals surface area (Å²) in [6.45, 7) is 0. The summed E-state index contributed by atoms with van der Waals surface area (Å²) in [5.41, 5.74) is 1.21. The predicted molar refractivity (Wildman–Crippen MR) is 109 cm³/mol. The Kier molecular flexibility index (Phi) is 7.38. The number of hydrogen-bond donors (Lipinski definition) is 1. The smallest absolute Gasteiger partial charge is 0.248 e. The summed E-state index contributed by atoms with van der Waals surface area (Å²) in [7, 11) is 6.09. The van der Waals surface area contributed by atoms with E-state index in [4.69, 9.17) is 30.5 Å². The lowest BCUT2D eigenvalue weighted by atomic mass is 10.2. The van der Waals surface area contributed by atoms with E-state index in [-0.39, 0.29) is 5.91 Å². The normalized spacial score (nSPS) is 10.6. The van der Waals surface area contributed by atoms with E-state index in [9.17, 15) is 4.79 Å². The van der Waals surface area contributed by atoms with Crippen LogP contribution in [0.15, 0.2) is 34.8 Å². The summed E-state index contributed by atoms with van der Waals surface area (Å²) in [6, 6.07) is 6.75. The van der Waals surface area contributed by atoms with E-state index in [1.54, 1.807) is 38.5 Å². The van der Waals surface area contributed by atoms with Crippen molar-refractivity contribution in [2.45, 2.75) is 0 Å². The molecule has 144 valence electrons. The number of benzene rings is 2. The number of amides is 1. The molecule has 2 rings (SSSR count). The quantitative estimate of drug-likeness (QED) is 0.607. The van der Waals surface area contributed by atoms with Crippen molar-refractivity contribution in [1.29, 1.82) is 0 Å². The highest BCUT2D eigenvalue weighted by molar-refractivity contribution is 9.10. The fourth-order valence-electron chi connectivity index (χ4n) is 2.34. The summed E-state index contributed by atoms with van der Waals surface area (Å²) < 4.78 is 21.7.